The van der Waals surface area contributed by atoms with E-state index in [1.54, 1.807) is 0 Å². The molecule has 1 N–H and O–H groups in total. The van der Waals surface area contributed by atoms with Gasteiger partial charge in [0.2, 0.25) is 0 Å². The van der Waals surface area contributed by atoms with Crippen molar-refractivity contribution in [2.45, 2.75) is 32.9 Å². The highest BCUT2D eigenvalue weighted by atomic mass is 79.9. The smallest absolute Gasteiger partial charge is 0.0772 e. The second-order valence-electron chi connectivity index (χ2n) is 4.80. The van der Waals surface area contributed by atoms with Crippen molar-refractivity contribution >= 4 is 27.5 Å². The van der Waals surface area contributed by atoms with Gasteiger partial charge < -0.3 is 5.32 Å². The van der Waals surface area contributed by atoms with Gasteiger partial charge in [-0.3, -0.25) is 4.68 Å². The molecule has 0 fully saturated rings. The number of aryl methyl sites for hydroxylation is 2. The van der Waals surface area contributed by atoms with Crippen LogP contribution in [0.2, 0.25) is 5.02 Å². The van der Waals surface area contributed by atoms with Gasteiger partial charge in [-0.05, 0) is 47.4 Å². The van der Waals surface area contributed by atoms with Crippen LogP contribution >= 0.6 is 27.5 Å². The van der Waals surface area contributed by atoms with Gasteiger partial charge in [0.05, 0.1) is 22.4 Å². The van der Waals surface area contributed by atoms with E-state index in [1.807, 2.05) is 37.0 Å². The molecule has 0 aliphatic heterocycles. The van der Waals surface area contributed by atoms with E-state index in [2.05, 4.69) is 39.3 Å². The molecular formula is C15H19BrClN3. The van der Waals surface area contributed by atoms with Crippen LogP contribution in [0.1, 0.15) is 36.2 Å². The zero-order valence-electron chi connectivity index (χ0n) is 12.0. The third-order valence-corrected chi connectivity index (χ3v) is 4.49. The fourth-order valence-electron chi connectivity index (χ4n) is 2.38. The van der Waals surface area contributed by atoms with Crippen LogP contribution in [-0.2, 0) is 6.54 Å². The van der Waals surface area contributed by atoms with Crippen LogP contribution in [0.3, 0.4) is 0 Å². The quantitative estimate of drug-likeness (QED) is 0.864. The van der Waals surface area contributed by atoms with E-state index in [4.69, 9.17) is 11.6 Å². The zero-order valence-corrected chi connectivity index (χ0v) is 14.3. The topological polar surface area (TPSA) is 29.9 Å². The van der Waals surface area contributed by atoms with Crippen LogP contribution in [0, 0.1) is 6.92 Å². The average Bonchev–Trinajstić information content (AvgIpc) is 2.78. The Balaban J connectivity index is 2.52. The third kappa shape index (κ3) is 2.92. The summed E-state index contributed by atoms with van der Waals surface area (Å²) in [5, 5.41) is 8.60. The second kappa shape index (κ2) is 6.74. The Labute approximate surface area is 133 Å². The number of benzene rings is 1. The molecule has 1 aromatic heterocycles. The molecule has 20 heavy (non-hydrogen) atoms. The summed E-state index contributed by atoms with van der Waals surface area (Å²) in [6.07, 6.45) is 2.89. The van der Waals surface area contributed by atoms with Crippen LogP contribution in [0.5, 0.6) is 0 Å². The molecular weight excluding hydrogens is 338 g/mol. The molecule has 0 bridgehead atoms. The van der Waals surface area contributed by atoms with E-state index in [0.717, 1.165) is 39.3 Å². The summed E-state index contributed by atoms with van der Waals surface area (Å²) in [5.41, 5.74) is 3.27. The van der Waals surface area contributed by atoms with Crippen molar-refractivity contribution in [1.29, 1.82) is 0 Å². The van der Waals surface area contributed by atoms with Crippen molar-refractivity contribution < 1.29 is 0 Å². The minimum Gasteiger partial charge on any atom is -0.308 e. The summed E-state index contributed by atoms with van der Waals surface area (Å²) in [6, 6.07) is 6.14. The molecule has 1 unspecified atom stereocenters. The highest BCUT2D eigenvalue weighted by molar-refractivity contribution is 9.10. The van der Waals surface area contributed by atoms with E-state index >= 15 is 0 Å². The molecule has 108 valence electrons. The van der Waals surface area contributed by atoms with E-state index in [9.17, 15) is 0 Å². The molecule has 0 aliphatic carbocycles. The van der Waals surface area contributed by atoms with Gasteiger partial charge in [0.25, 0.3) is 0 Å². The standard InChI is InChI=1S/C15H19BrClN3/c1-4-8-20-15(12(16)9-19-20)14(18-3)11-7-5-6-10(2)13(11)17/h5-7,9,14,18H,4,8H2,1-3H3. The highest BCUT2D eigenvalue weighted by Crippen LogP contribution is 2.33. The lowest BCUT2D eigenvalue weighted by atomic mass is 10.0. The van der Waals surface area contributed by atoms with Crippen LogP contribution in [-0.4, -0.2) is 16.8 Å². The van der Waals surface area contributed by atoms with Gasteiger partial charge in [0, 0.05) is 11.6 Å². The summed E-state index contributed by atoms with van der Waals surface area (Å²) in [7, 11) is 1.94. The zero-order chi connectivity index (χ0) is 14.7. The minimum atomic E-state index is 0.0193. The van der Waals surface area contributed by atoms with Gasteiger partial charge >= 0.3 is 0 Å². The first-order valence-electron chi connectivity index (χ1n) is 6.73. The van der Waals surface area contributed by atoms with E-state index in [-0.39, 0.29) is 6.04 Å². The Morgan fingerprint density at radius 2 is 2.20 bits per heavy atom. The summed E-state index contributed by atoms with van der Waals surface area (Å²) in [4.78, 5) is 0. The molecule has 0 saturated carbocycles. The number of halogens is 2. The molecule has 3 nitrogen and oxygen atoms in total. The number of rotatable bonds is 5. The first kappa shape index (κ1) is 15.5. The summed E-state index contributed by atoms with van der Waals surface area (Å²) in [6.45, 7) is 5.06. The molecule has 2 rings (SSSR count). The molecule has 1 atom stereocenters. The Kier molecular flexibility index (Phi) is 5.24. The largest absolute Gasteiger partial charge is 0.308 e. The van der Waals surface area contributed by atoms with Crippen LogP contribution < -0.4 is 5.32 Å². The molecule has 0 spiro atoms. The van der Waals surface area contributed by atoms with Crippen LogP contribution in [0.15, 0.2) is 28.9 Å². The van der Waals surface area contributed by atoms with Crippen molar-refractivity contribution in [1.82, 2.24) is 15.1 Å². The van der Waals surface area contributed by atoms with E-state index < -0.39 is 0 Å². The van der Waals surface area contributed by atoms with Gasteiger partial charge in [0.1, 0.15) is 0 Å². The van der Waals surface area contributed by atoms with Crippen molar-refractivity contribution in [3.8, 4) is 0 Å². The lowest BCUT2D eigenvalue weighted by Gasteiger charge is -2.21. The molecule has 0 aliphatic rings. The van der Waals surface area contributed by atoms with E-state index in [1.165, 1.54) is 0 Å². The predicted octanol–water partition coefficient (Wildman–Crippen LogP) is 4.33. The van der Waals surface area contributed by atoms with Crippen molar-refractivity contribution in [3.05, 3.63) is 50.7 Å². The maximum Gasteiger partial charge on any atom is 0.0772 e. The highest BCUT2D eigenvalue weighted by Gasteiger charge is 2.22. The number of aromatic nitrogens is 2. The molecule has 1 aromatic carbocycles. The summed E-state index contributed by atoms with van der Waals surface area (Å²) >= 11 is 10.1. The number of hydrogen-bond donors (Lipinski definition) is 1. The lowest BCUT2D eigenvalue weighted by molar-refractivity contribution is 0.533. The average molecular weight is 357 g/mol. The number of hydrogen-bond acceptors (Lipinski definition) is 2. The molecule has 0 radical (unpaired) electrons. The van der Waals surface area contributed by atoms with E-state index in [0.29, 0.717) is 0 Å². The normalized spacial score (nSPS) is 12.7. The Morgan fingerprint density at radius 1 is 1.45 bits per heavy atom. The van der Waals surface area contributed by atoms with Crippen molar-refractivity contribution in [2.75, 3.05) is 7.05 Å². The Hall–Kier alpha value is -0.840. The Bertz CT molecular complexity index is 595. The van der Waals surface area contributed by atoms with Gasteiger partial charge in [-0.25, -0.2) is 0 Å². The van der Waals surface area contributed by atoms with Gasteiger partial charge in [-0.15, -0.1) is 0 Å². The minimum absolute atomic E-state index is 0.0193. The van der Waals surface area contributed by atoms with Crippen molar-refractivity contribution in [3.63, 3.8) is 0 Å². The maximum absolute atomic E-state index is 6.48. The molecule has 0 amide bonds. The predicted molar refractivity (Wildman–Crippen MR) is 87.3 cm³/mol. The fourth-order valence-corrected chi connectivity index (χ4v) is 3.14. The van der Waals surface area contributed by atoms with Gasteiger partial charge in [-0.2, -0.15) is 5.10 Å². The monoisotopic (exact) mass is 355 g/mol. The molecule has 5 heteroatoms. The molecule has 1 heterocycles. The fraction of sp³-hybridized carbons (Fsp3) is 0.400. The first-order chi connectivity index (χ1) is 9.60. The lowest BCUT2D eigenvalue weighted by Crippen LogP contribution is -2.22. The maximum atomic E-state index is 6.48. The molecule has 2 aromatic rings. The SMILES string of the molecule is CCCn1ncc(Br)c1C(NC)c1cccc(C)c1Cl. The Morgan fingerprint density at radius 3 is 2.85 bits per heavy atom. The number of nitrogens with zero attached hydrogens (tertiary/aromatic N) is 2. The summed E-state index contributed by atoms with van der Waals surface area (Å²) < 4.78 is 3.03. The number of nitrogens with one attached hydrogen (secondary N) is 1. The molecule has 0 saturated heterocycles. The summed E-state index contributed by atoms with van der Waals surface area (Å²) in [5.74, 6) is 0. The third-order valence-electron chi connectivity index (χ3n) is 3.36. The van der Waals surface area contributed by atoms with Gasteiger partial charge in [0.15, 0.2) is 0 Å². The first-order valence-corrected chi connectivity index (χ1v) is 7.90. The second-order valence-corrected chi connectivity index (χ2v) is 6.03. The van der Waals surface area contributed by atoms with Crippen LogP contribution in [0.25, 0.3) is 0 Å². The van der Waals surface area contributed by atoms with Gasteiger partial charge in [-0.1, -0.05) is 36.7 Å². The van der Waals surface area contributed by atoms with Crippen molar-refractivity contribution in [2.24, 2.45) is 0 Å². The van der Waals surface area contributed by atoms with Crippen LogP contribution in [0.4, 0.5) is 0 Å².